The van der Waals surface area contributed by atoms with Gasteiger partial charge < -0.3 is 5.11 Å². The van der Waals surface area contributed by atoms with E-state index in [1.807, 2.05) is 0 Å². The van der Waals surface area contributed by atoms with Crippen molar-refractivity contribution in [3.8, 4) is 17.1 Å². The minimum Gasteiger partial charge on any atom is -0.861 e. The Hall–Kier alpha value is -3.21. The van der Waals surface area contributed by atoms with Crippen LogP contribution in [0.3, 0.4) is 0 Å². The SMILES string of the molecule is CCC/C([O-])=N/S(=O)(=O)c1ccc(-n2cc(C(F)(F)F)nc2-c2cncc(C)c2)cc1. The van der Waals surface area contributed by atoms with Crippen molar-refractivity contribution in [2.45, 2.75) is 37.8 Å². The molecular formula is C20H18F3N4O3S-. The summed E-state index contributed by atoms with van der Waals surface area (Å²) in [6.07, 6.45) is -0.432. The summed E-state index contributed by atoms with van der Waals surface area (Å²) >= 11 is 0. The normalized spacial score (nSPS) is 12.9. The average molecular weight is 451 g/mol. The summed E-state index contributed by atoms with van der Waals surface area (Å²) in [7, 11) is -4.21. The Morgan fingerprint density at radius 2 is 1.87 bits per heavy atom. The molecule has 0 fully saturated rings. The van der Waals surface area contributed by atoms with Gasteiger partial charge >= 0.3 is 6.18 Å². The topological polar surface area (TPSA) is 100 Å². The molecular weight excluding hydrogens is 433 g/mol. The van der Waals surface area contributed by atoms with Gasteiger partial charge in [0.15, 0.2) is 5.69 Å². The van der Waals surface area contributed by atoms with E-state index in [4.69, 9.17) is 0 Å². The summed E-state index contributed by atoms with van der Waals surface area (Å²) in [6, 6.07) is 6.64. The van der Waals surface area contributed by atoms with Crippen LogP contribution in [0.4, 0.5) is 13.2 Å². The van der Waals surface area contributed by atoms with Crippen molar-refractivity contribution in [2.75, 3.05) is 0 Å². The van der Waals surface area contributed by atoms with Gasteiger partial charge in [0.25, 0.3) is 10.0 Å². The highest BCUT2D eigenvalue weighted by atomic mass is 32.2. The smallest absolute Gasteiger partial charge is 0.434 e. The predicted octanol–water partition coefficient (Wildman–Crippen LogP) is 3.51. The average Bonchev–Trinajstić information content (AvgIpc) is 3.14. The molecule has 0 aliphatic carbocycles. The molecule has 3 aromatic rings. The minimum atomic E-state index is -4.67. The Morgan fingerprint density at radius 1 is 1.19 bits per heavy atom. The van der Waals surface area contributed by atoms with Crippen molar-refractivity contribution in [1.29, 1.82) is 0 Å². The maximum Gasteiger partial charge on any atom is 0.434 e. The van der Waals surface area contributed by atoms with Gasteiger partial charge in [-0.25, -0.2) is 4.98 Å². The van der Waals surface area contributed by atoms with Gasteiger partial charge in [-0.2, -0.15) is 26.0 Å². The number of sulfonamides is 1. The van der Waals surface area contributed by atoms with E-state index in [2.05, 4.69) is 14.4 Å². The number of halogens is 3. The first kappa shape index (κ1) is 22.5. The lowest BCUT2D eigenvalue weighted by Crippen LogP contribution is -2.19. The second-order valence-corrected chi connectivity index (χ2v) is 8.38. The highest BCUT2D eigenvalue weighted by Gasteiger charge is 2.35. The Labute approximate surface area is 177 Å². The standard InChI is InChI=1S/C20H19F3N4O3S/c1-3-4-18(28)26-31(29,30)16-7-5-15(6-8-16)27-12-17(20(21,22)23)25-19(27)14-9-13(2)10-24-11-14/h5-12H,3-4H2,1-2H3,(H,26,28)/p-1. The van der Waals surface area contributed by atoms with Crippen LogP contribution in [0.2, 0.25) is 0 Å². The van der Waals surface area contributed by atoms with Crippen LogP contribution in [-0.2, 0) is 16.2 Å². The predicted molar refractivity (Wildman–Crippen MR) is 106 cm³/mol. The van der Waals surface area contributed by atoms with Gasteiger partial charge in [-0.15, -0.1) is 0 Å². The lowest BCUT2D eigenvalue weighted by molar-refractivity contribution is -0.218. The van der Waals surface area contributed by atoms with Gasteiger partial charge in [0.05, 0.1) is 4.90 Å². The monoisotopic (exact) mass is 451 g/mol. The van der Waals surface area contributed by atoms with Crippen molar-refractivity contribution in [1.82, 2.24) is 14.5 Å². The summed E-state index contributed by atoms with van der Waals surface area (Å²) in [6.45, 7) is 3.47. The number of hydrogen-bond donors (Lipinski definition) is 0. The van der Waals surface area contributed by atoms with Crippen molar-refractivity contribution in [3.63, 3.8) is 0 Å². The number of aryl methyl sites for hydroxylation is 1. The molecule has 1 aromatic carbocycles. The van der Waals surface area contributed by atoms with Gasteiger partial charge in [0.1, 0.15) is 5.82 Å². The van der Waals surface area contributed by atoms with Crippen LogP contribution in [0.1, 0.15) is 31.0 Å². The molecule has 2 heterocycles. The molecule has 0 saturated heterocycles. The molecule has 0 radical (unpaired) electrons. The van der Waals surface area contributed by atoms with Crippen LogP contribution < -0.4 is 5.11 Å². The molecule has 0 aliphatic rings. The van der Waals surface area contributed by atoms with Crippen molar-refractivity contribution in [3.05, 3.63) is 60.2 Å². The van der Waals surface area contributed by atoms with Crippen LogP contribution in [0.15, 0.2) is 58.2 Å². The second kappa shape index (κ2) is 8.50. The highest BCUT2D eigenvalue weighted by molar-refractivity contribution is 7.90. The van der Waals surface area contributed by atoms with E-state index in [9.17, 15) is 26.7 Å². The number of nitrogens with zero attached hydrogens (tertiary/aromatic N) is 4. The van der Waals surface area contributed by atoms with Crippen molar-refractivity contribution >= 4 is 15.9 Å². The second-order valence-electron chi connectivity index (χ2n) is 6.77. The van der Waals surface area contributed by atoms with Crippen molar-refractivity contribution < 1.29 is 26.7 Å². The van der Waals surface area contributed by atoms with Crippen LogP contribution in [0.25, 0.3) is 17.1 Å². The zero-order valence-electron chi connectivity index (χ0n) is 16.6. The fraction of sp³-hybridized carbons (Fsp3) is 0.250. The van der Waals surface area contributed by atoms with E-state index in [1.165, 1.54) is 35.0 Å². The number of alkyl halides is 3. The highest BCUT2D eigenvalue weighted by Crippen LogP contribution is 2.32. The van der Waals surface area contributed by atoms with E-state index in [0.29, 0.717) is 12.0 Å². The first-order valence-corrected chi connectivity index (χ1v) is 10.6. The first-order chi connectivity index (χ1) is 14.5. The maximum absolute atomic E-state index is 13.3. The molecule has 31 heavy (non-hydrogen) atoms. The van der Waals surface area contributed by atoms with Gasteiger partial charge in [-0.3, -0.25) is 9.55 Å². The van der Waals surface area contributed by atoms with Crippen LogP contribution in [0.5, 0.6) is 0 Å². The molecule has 0 amide bonds. The van der Waals surface area contributed by atoms with Crippen LogP contribution in [-0.4, -0.2) is 28.9 Å². The molecule has 0 spiro atoms. The zero-order chi connectivity index (χ0) is 22.8. The largest absolute Gasteiger partial charge is 0.861 e. The molecule has 0 N–H and O–H groups in total. The lowest BCUT2D eigenvalue weighted by atomic mass is 10.2. The Kier molecular flexibility index (Phi) is 6.16. The number of aromatic nitrogens is 3. The molecule has 0 atom stereocenters. The van der Waals surface area contributed by atoms with E-state index >= 15 is 0 Å². The number of benzene rings is 1. The van der Waals surface area contributed by atoms with Crippen molar-refractivity contribution in [2.24, 2.45) is 4.40 Å². The van der Waals surface area contributed by atoms with E-state index in [-0.39, 0.29) is 22.8 Å². The quantitative estimate of drug-likeness (QED) is 0.422. The fourth-order valence-corrected chi connectivity index (χ4v) is 3.76. The fourth-order valence-electron chi connectivity index (χ4n) is 2.82. The van der Waals surface area contributed by atoms with Gasteiger partial charge in [-0.1, -0.05) is 13.3 Å². The third-order valence-electron chi connectivity index (χ3n) is 4.23. The molecule has 2 aromatic heterocycles. The summed E-state index contributed by atoms with van der Waals surface area (Å²) in [5.41, 5.74) is 0.256. The summed E-state index contributed by atoms with van der Waals surface area (Å²) < 4.78 is 68.8. The minimum absolute atomic E-state index is 0.000454. The number of imidazole rings is 1. The molecule has 0 aliphatic heterocycles. The summed E-state index contributed by atoms with van der Waals surface area (Å²) in [5.74, 6) is -0.757. The number of rotatable bonds is 6. The third kappa shape index (κ3) is 5.10. The number of pyridine rings is 1. The zero-order valence-corrected chi connectivity index (χ0v) is 17.4. The van der Waals surface area contributed by atoms with E-state index in [1.54, 1.807) is 26.1 Å². The first-order valence-electron chi connectivity index (χ1n) is 9.21. The Morgan fingerprint density at radius 3 is 2.45 bits per heavy atom. The third-order valence-corrected chi connectivity index (χ3v) is 5.54. The Bertz CT molecular complexity index is 1220. The summed E-state index contributed by atoms with van der Waals surface area (Å²) in [5, 5.41) is 11.6. The molecule has 3 rings (SSSR count). The molecule has 7 nitrogen and oxygen atoms in total. The molecule has 164 valence electrons. The number of hydrogen-bond acceptors (Lipinski definition) is 5. The van der Waals surface area contributed by atoms with E-state index in [0.717, 1.165) is 11.8 Å². The van der Waals surface area contributed by atoms with Gasteiger partial charge in [0.2, 0.25) is 0 Å². The van der Waals surface area contributed by atoms with E-state index < -0.39 is 27.8 Å². The van der Waals surface area contributed by atoms with Gasteiger partial charge in [0, 0.05) is 29.8 Å². The lowest BCUT2D eigenvalue weighted by Gasteiger charge is -2.10. The molecule has 0 unspecified atom stereocenters. The molecule has 0 bridgehead atoms. The van der Waals surface area contributed by atoms with Crippen LogP contribution >= 0.6 is 0 Å². The Balaban J connectivity index is 2.07. The van der Waals surface area contributed by atoms with Gasteiger partial charge in [-0.05, 0) is 55.1 Å². The molecule has 11 heteroatoms. The molecule has 0 saturated carbocycles. The summed E-state index contributed by atoms with van der Waals surface area (Å²) in [4.78, 5) is 7.47. The maximum atomic E-state index is 13.3. The van der Waals surface area contributed by atoms with Crippen LogP contribution in [0, 0.1) is 6.92 Å².